The van der Waals surface area contributed by atoms with Crippen LogP contribution in [0.25, 0.3) is 22.0 Å². The van der Waals surface area contributed by atoms with E-state index in [-0.39, 0.29) is 22.9 Å². The molecule has 1 aromatic heterocycles. The number of nitrogen functional groups attached to an aromatic ring is 1. The molecule has 0 aliphatic heterocycles. The number of nitriles is 1. The molecule has 0 atom stereocenters. The summed E-state index contributed by atoms with van der Waals surface area (Å²) in [5.41, 5.74) is 8.02. The van der Waals surface area contributed by atoms with E-state index in [4.69, 9.17) is 5.73 Å². The minimum absolute atomic E-state index is 0.0794. The van der Waals surface area contributed by atoms with Gasteiger partial charge in [0.15, 0.2) is 0 Å². The summed E-state index contributed by atoms with van der Waals surface area (Å²) in [6.45, 7) is 0. The molecule has 0 unspecified atom stereocenters. The van der Waals surface area contributed by atoms with Crippen LogP contribution in [0.4, 0.5) is 5.82 Å². The fourth-order valence-corrected chi connectivity index (χ4v) is 2.31. The Hall–Kier alpha value is -3.26. The second-order valence-electron chi connectivity index (χ2n) is 4.61. The van der Waals surface area contributed by atoms with E-state index in [1.54, 1.807) is 30.3 Å². The average Bonchev–Trinajstić information content (AvgIpc) is 2.46. The topological polar surface area (TPSA) is 103 Å². The summed E-state index contributed by atoms with van der Waals surface area (Å²) < 4.78 is 0. The fourth-order valence-electron chi connectivity index (χ4n) is 2.31. The van der Waals surface area contributed by atoms with Crippen molar-refractivity contribution in [1.29, 1.82) is 5.26 Å². The van der Waals surface area contributed by atoms with E-state index in [0.717, 1.165) is 5.56 Å². The number of aromatic hydroxyl groups is 2. The lowest BCUT2D eigenvalue weighted by Gasteiger charge is -2.11. The molecule has 5 nitrogen and oxygen atoms in total. The Kier molecular flexibility index (Phi) is 2.85. The summed E-state index contributed by atoms with van der Waals surface area (Å²) in [5, 5.41) is 29.0. The van der Waals surface area contributed by atoms with Crippen LogP contribution in [-0.4, -0.2) is 15.2 Å². The van der Waals surface area contributed by atoms with Gasteiger partial charge in [0, 0.05) is 17.0 Å². The number of aromatic nitrogens is 1. The minimum atomic E-state index is 0.0794. The van der Waals surface area contributed by atoms with Crippen molar-refractivity contribution in [2.24, 2.45) is 0 Å². The van der Waals surface area contributed by atoms with Crippen LogP contribution in [0.1, 0.15) is 5.56 Å². The first-order chi connectivity index (χ1) is 10.1. The van der Waals surface area contributed by atoms with E-state index in [0.29, 0.717) is 16.5 Å². The summed E-state index contributed by atoms with van der Waals surface area (Å²) >= 11 is 0. The van der Waals surface area contributed by atoms with E-state index in [1.807, 2.05) is 0 Å². The third-order valence-corrected chi connectivity index (χ3v) is 3.27. The maximum atomic E-state index is 9.57. The molecule has 0 saturated carbocycles. The molecule has 102 valence electrons. The van der Waals surface area contributed by atoms with Gasteiger partial charge in [-0.1, -0.05) is 12.1 Å². The van der Waals surface area contributed by atoms with Gasteiger partial charge in [0.2, 0.25) is 0 Å². The van der Waals surface area contributed by atoms with Crippen molar-refractivity contribution >= 4 is 16.7 Å². The van der Waals surface area contributed by atoms with Gasteiger partial charge in [-0.3, -0.25) is 0 Å². The van der Waals surface area contributed by atoms with Crippen molar-refractivity contribution in [3.05, 3.63) is 48.0 Å². The second kappa shape index (κ2) is 4.69. The van der Waals surface area contributed by atoms with Crippen LogP contribution in [0, 0.1) is 11.3 Å². The maximum Gasteiger partial charge on any atom is 0.142 e. The molecule has 3 rings (SSSR count). The molecule has 4 N–H and O–H groups in total. The smallest absolute Gasteiger partial charge is 0.142 e. The molecule has 0 fully saturated rings. The number of nitrogens with zero attached hydrogens (tertiary/aromatic N) is 2. The van der Waals surface area contributed by atoms with Crippen molar-refractivity contribution in [3.8, 4) is 28.7 Å². The number of nitrogens with two attached hydrogens (primary N) is 1. The van der Waals surface area contributed by atoms with Gasteiger partial charge in [-0.15, -0.1) is 0 Å². The number of phenols is 2. The normalized spacial score (nSPS) is 10.4. The van der Waals surface area contributed by atoms with Crippen LogP contribution in [0.2, 0.25) is 0 Å². The number of hydrogen-bond donors (Lipinski definition) is 3. The van der Waals surface area contributed by atoms with Crippen molar-refractivity contribution in [3.63, 3.8) is 0 Å². The molecule has 0 saturated heterocycles. The van der Waals surface area contributed by atoms with E-state index in [2.05, 4.69) is 11.1 Å². The van der Waals surface area contributed by atoms with Gasteiger partial charge >= 0.3 is 0 Å². The molecule has 0 radical (unpaired) electrons. The Labute approximate surface area is 120 Å². The SMILES string of the molecule is N#Cc1c(N)nc2cc(O)ccc2c1-c1ccc(O)cc1. The van der Waals surface area contributed by atoms with Gasteiger partial charge in [-0.2, -0.15) is 5.26 Å². The van der Waals surface area contributed by atoms with Gasteiger partial charge in [0.1, 0.15) is 28.9 Å². The van der Waals surface area contributed by atoms with Gasteiger partial charge in [-0.05, 0) is 29.8 Å². The molecule has 3 aromatic rings. The average molecular weight is 277 g/mol. The van der Waals surface area contributed by atoms with Gasteiger partial charge in [0.05, 0.1) is 5.52 Å². The predicted octanol–water partition coefficient (Wildman–Crippen LogP) is 2.77. The molecule has 0 spiro atoms. The van der Waals surface area contributed by atoms with Crippen molar-refractivity contribution in [2.45, 2.75) is 0 Å². The lowest BCUT2D eigenvalue weighted by molar-refractivity contribution is 0.475. The second-order valence-corrected chi connectivity index (χ2v) is 4.61. The molecule has 0 bridgehead atoms. The van der Waals surface area contributed by atoms with E-state index in [9.17, 15) is 15.5 Å². The number of benzene rings is 2. The molecule has 0 amide bonds. The van der Waals surface area contributed by atoms with Crippen molar-refractivity contribution in [1.82, 2.24) is 4.98 Å². The summed E-state index contributed by atoms with van der Waals surface area (Å²) in [6, 6.07) is 13.3. The number of hydrogen-bond acceptors (Lipinski definition) is 5. The quantitative estimate of drug-likeness (QED) is 0.634. The first-order valence-electron chi connectivity index (χ1n) is 6.22. The summed E-state index contributed by atoms with van der Waals surface area (Å²) in [4.78, 5) is 4.16. The number of anilines is 1. The minimum Gasteiger partial charge on any atom is -0.508 e. The lowest BCUT2D eigenvalue weighted by atomic mass is 9.96. The summed E-state index contributed by atoms with van der Waals surface area (Å²) in [6.07, 6.45) is 0. The number of rotatable bonds is 1. The molecule has 5 heteroatoms. The van der Waals surface area contributed by atoms with E-state index in [1.165, 1.54) is 12.1 Å². The van der Waals surface area contributed by atoms with Crippen LogP contribution in [0.3, 0.4) is 0 Å². The predicted molar refractivity (Wildman–Crippen MR) is 79.6 cm³/mol. The molecular weight excluding hydrogens is 266 g/mol. The summed E-state index contributed by atoms with van der Waals surface area (Å²) in [5.74, 6) is 0.329. The zero-order valence-electron chi connectivity index (χ0n) is 10.9. The number of fused-ring (bicyclic) bond motifs is 1. The third kappa shape index (κ3) is 2.09. The van der Waals surface area contributed by atoms with E-state index >= 15 is 0 Å². The monoisotopic (exact) mass is 277 g/mol. The van der Waals surface area contributed by atoms with E-state index < -0.39 is 0 Å². The Morgan fingerprint density at radius 3 is 2.33 bits per heavy atom. The van der Waals surface area contributed by atoms with Crippen LogP contribution >= 0.6 is 0 Å². The molecule has 0 aliphatic carbocycles. The Bertz CT molecular complexity index is 881. The highest BCUT2D eigenvalue weighted by atomic mass is 16.3. The van der Waals surface area contributed by atoms with Crippen LogP contribution in [0.15, 0.2) is 42.5 Å². The fraction of sp³-hybridized carbons (Fsp3) is 0. The highest BCUT2D eigenvalue weighted by Crippen LogP contribution is 2.35. The molecule has 0 aliphatic rings. The molecule has 2 aromatic carbocycles. The highest BCUT2D eigenvalue weighted by molar-refractivity contribution is 6.00. The van der Waals surface area contributed by atoms with Gasteiger partial charge < -0.3 is 15.9 Å². The molecule has 1 heterocycles. The molecule has 21 heavy (non-hydrogen) atoms. The standard InChI is InChI=1S/C16H11N3O2/c17-8-13-15(9-1-3-10(20)4-2-9)12-6-5-11(21)7-14(12)19-16(13)18/h1-7,20-21H,(H2,18,19). The van der Waals surface area contributed by atoms with Crippen LogP contribution in [0.5, 0.6) is 11.5 Å². The molecular formula is C16H11N3O2. The largest absolute Gasteiger partial charge is 0.508 e. The van der Waals surface area contributed by atoms with Crippen LogP contribution < -0.4 is 5.73 Å². The van der Waals surface area contributed by atoms with Gasteiger partial charge in [-0.25, -0.2) is 4.98 Å². The number of phenolic OH excluding ortho intramolecular Hbond substituents is 2. The Morgan fingerprint density at radius 2 is 1.67 bits per heavy atom. The zero-order chi connectivity index (χ0) is 15.0. The first kappa shape index (κ1) is 12.8. The zero-order valence-corrected chi connectivity index (χ0v) is 10.9. The third-order valence-electron chi connectivity index (χ3n) is 3.27. The van der Waals surface area contributed by atoms with Crippen molar-refractivity contribution < 1.29 is 10.2 Å². The highest BCUT2D eigenvalue weighted by Gasteiger charge is 2.15. The van der Waals surface area contributed by atoms with Crippen LogP contribution in [-0.2, 0) is 0 Å². The first-order valence-corrected chi connectivity index (χ1v) is 6.22. The van der Waals surface area contributed by atoms with Gasteiger partial charge in [0.25, 0.3) is 0 Å². The summed E-state index contributed by atoms with van der Waals surface area (Å²) in [7, 11) is 0. The van der Waals surface area contributed by atoms with Crippen molar-refractivity contribution in [2.75, 3.05) is 5.73 Å². The lowest BCUT2D eigenvalue weighted by Crippen LogP contribution is -1.99. The Morgan fingerprint density at radius 1 is 1.00 bits per heavy atom. The maximum absolute atomic E-state index is 9.57. The Balaban J connectivity index is 2.43. The number of pyridine rings is 1.